The molecule has 0 atom stereocenters. The summed E-state index contributed by atoms with van der Waals surface area (Å²) in [5.74, 6) is 1.06. The van der Waals surface area contributed by atoms with E-state index in [2.05, 4.69) is 5.32 Å². The molecule has 2 N–H and O–H groups in total. The van der Waals surface area contributed by atoms with E-state index in [1.807, 2.05) is 49.6 Å². The monoisotopic (exact) mass is 373 g/mol. The largest absolute Gasteiger partial charge is 0.504 e. The van der Waals surface area contributed by atoms with E-state index in [0.717, 1.165) is 16.0 Å². The lowest BCUT2D eigenvalue weighted by Gasteiger charge is -2.14. The van der Waals surface area contributed by atoms with Crippen molar-refractivity contribution < 1.29 is 14.6 Å². The van der Waals surface area contributed by atoms with E-state index < -0.39 is 0 Å². The summed E-state index contributed by atoms with van der Waals surface area (Å²) in [6.07, 6.45) is 3.84. The molecule has 1 aliphatic rings. The summed E-state index contributed by atoms with van der Waals surface area (Å²) in [6.45, 7) is 2.33. The van der Waals surface area contributed by atoms with Gasteiger partial charge < -0.3 is 15.2 Å². The number of carbonyl (C=O) groups excluding carboxylic acids is 1. The van der Waals surface area contributed by atoms with Crippen LogP contribution in [0.3, 0.4) is 0 Å². The van der Waals surface area contributed by atoms with E-state index in [4.69, 9.17) is 4.74 Å². The third-order valence-corrected chi connectivity index (χ3v) is 5.47. The molecule has 1 amide bonds. The number of phenolic OH excluding ortho intramolecular Hbond substituents is 1. The van der Waals surface area contributed by atoms with Gasteiger partial charge in [-0.2, -0.15) is 0 Å². The molecule has 0 unspecified atom stereocenters. The van der Waals surface area contributed by atoms with Gasteiger partial charge in [0.2, 0.25) is 0 Å². The summed E-state index contributed by atoms with van der Waals surface area (Å²) >= 11 is 3.09. The highest BCUT2D eigenvalue weighted by Gasteiger charge is 2.19. The molecule has 0 radical (unpaired) electrons. The van der Waals surface area contributed by atoms with Crippen LogP contribution in [0.25, 0.3) is 17.2 Å². The molecule has 1 aliphatic heterocycles. The number of thioether (sulfide) groups is 2. The highest BCUT2D eigenvalue weighted by Crippen LogP contribution is 2.42. The summed E-state index contributed by atoms with van der Waals surface area (Å²) in [6, 6.07) is 11.6. The molecule has 130 valence electrons. The Balaban J connectivity index is 2.15. The lowest BCUT2D eigenvalue weighted by Crippen LogP contribution is -2.13. The zero-order valence-corrected chi connectivity index (χ0v) is 15.7. The molecule has 0 saturated carbocycles. The van der Waals surface area contributed by atoms with Crippen molar-refractivity contribution in [2.45, 2.75) is 11.8 Å². The maximum absolute atomic E-state index is 11.8. The first-order valence-electron chi connectivity index (χ1n) is 7.90. The molecule has 1 saturated heterocycles. The lowest BCUT2D eigenvalue weighted by atomic mass is 10.0. The Morgan fingerprint density at radius 1 is 1.32 bits per heavy atom. The van der Waals surface area contributed by atoms with Gasteiger partial charge in [-0.3, -0.25) is 4.79 Å². The van der Waals surface area contributed by atoms with Crippen LogP contribution >= 0.6 is 23.5 Å². The van der Waals surface area contributed by atoms with Crippen LogP contribution in [0.5, 0.6) is 11.5 Å². The van der Waals surface area contributed by atoms with Gasteiger partial charge in [0.25, 0.3) is 5.91 Å². The van der Waals surface area contributed by atoms with E-state index in [-0.39, 0.29) is 11.7 Å². The van der Waals surface area contributed by atoms with Gasteiger partial charge in [-0.15, -0.1) is 11.8 Å². The van der Waals surface area contributed by atoms with Crippen LogP contribution in [-0.2, 0) is 4.79 Å². The predicted octanol–water partition coefficient (Wildman–Crippen LogP) is 4.34. The highest BCUT2D eigenvalue weighted by atomic mass is 32.2. The van der Waals surface area contributed by atoms with Crippen LogP contribution in [0.2, 0.25) is 0 Å². The van der Waals surface area contributed by atoms with Crippen LogP contribution in [0.1, 0.15) is 12.5 Å². The molecule has 6 heteroatoms. The summed E-state index contributed by atoms with van der Waals surface area (Å²) < 4.78 is 5.61. The van der Waals surface area contributed by atoms with Crippen molar-refractivity contribution in [1.29, 1.82) is 0 Å². The van der Waals surface area contributed by atoms with Crippen LogP contribution in [-0.4, -0.2) is 29.8 Å². The molecule has 2 aromatic carbocycles. The Kier molecular flexibility index (Phi) is 5.60. The molecule has 1 fully saturated rings. The minimum atomic E-state index is -0.0675. The van der Waals surface area contributed by atoms with Gasteiger partial charge in [-0.25, -0.2) is 0 Å². The second kappa shape index (κ2) is 7.89. The first-order chi connectivity index (χ1) is 12.1. The third kappa shape index (κ3) is 3.80. The van der Waals surface area contributed by atoms with Crippen molar-refractivity contribution >= 4 is 35.5 Å². The summed E-state index contributed by atoms with van der Waals surface area (Å²) in [5.41, 5.74) is 2.47. The van der Waals surface area contributed by atoms with Crippen LogP contribution in [0.4, 0.5) is 0 Å². The third-order valence-electron chi connectivity index (χ3n) is 3.78. The number of hydrogen-bond acceptors (Lipinski definition) is 5. The van der Waals surface area contributed by atoms with E-state index in [9.17, 15) is 9.90 Å². The average Bonchev–Trinajstić information content (AvgIpc) is 3.02. The lowest BCUT2D eigenvalue weighted by molar-refractivity contribution is -0.116. The Hall–Kier alpha value is -2.05. The predicted molar refractivity (Wildman–Crippen MR) is 105 cm³/mol. The van der Waals surface area contributed by atoms with E-state index >= 15 is 0 Å². The maximum Gasteiger partial charge on any atom is 0.258 e. The number of hydrogen-bond donors (Lipinski definition) is 2. The van der Waals surface area contributed by atoms with Gasteiger partial charge in [-0.1, -0.05) is 30.0 Å². The zero-order chi connectivity index (χ0) is 17.8. The van der Waals surface area contributed by atoms with Gasteiger partial charge in [-0.05, 0) is 48.6 Å². The normalized spacial score (nSPS) is 15.4. The molecule has 0 aliphatic carbocycles. The molecular weight excluding hydrogens is 354 g/mol. The van der Waals surface area contributed by atoms with Crippen LogP contribution in [0, 0.1) is 0 Å². The number of rotatable bonds is 5. The number of benzene rings is 2. The van der Waals surface area contributed by atoms with Gasteiger partial charge >= 0.3 is 0 Å². The molecule has 0 spiro atoms. The van der Waals surface area contributed by atoms with Crippen molar-refractivity contribution in [2.75, 3.05) is 18.7 Å². The average molecular weight is 373 g/mol. The molecule has 0 bridgehead atoms. The molecule has 2 aromatic rings. The fraction of sp³-hybridized carbons (Fsp3) is 0.211. The molecule has 25 heavy (non-hydrogen) atoms. The molecule has 3 rings (SSSR count). The summed E-state index contributed by atoms with van der Waals surface area (Å²) in [4.78, 5) is 13.6. The molecule has 1 heterocycles. The second-order valence-electron chi connectivity index (χ2n) is 5.35. The Labute approximate surface area is 155 Å². The number of ether oxygens (including phenoxy) is 1. The number of aromatic hydroxyl groups is 1. The van der Waals surface area contributed by atoms with Crippen molar-refractivity contribution in [2.24, 2.45) is 0 Å². The van der Waals surface area contributed by atoms with Crippen LogP contribution < -0.4 is 10.1 Å². The van der Waals surface area contributed by atoms with Crippen molar-refractivity contribution in [3.05, 3.63) is 46.9 Å². The molecule has 0 aromatic heterocycles. The smallest absolute Gasteiger partial charge is 0.258 e. The zero-order valence-electron chi connectivity index (χ0n) is 14.0. The minimum absolute atomic E-state index is 0.0675. The van der Waals surface area contributed by atoms with Crippen molar-refractivity contribution in [1.82, 2.24) is 5.32 Å². The Morgan fingerprint density at radius 3 is 2.80 bits per heavy atom. The molecular formula is C19H19NO3S2. The van der Waals surface area contributed by atoms with Gasteiger partial charge in [0, 0.05) is 10.5 Å². The number of carbonyl (C=O) groups is 1. The summed E-state index contributed by atoms with van der Waals surface area (Å²) in [7, 11) is 0. The fourth-order valence-electron chi connectivity index (χ4n) is 2.64. The van der Waals surface area contributed by atoms with Gasteiger partial charge in [0.05, 0.1) is 17.4 Å². The SMILES string of the molecule is CCOc1cc(C=C2SCNC2=O)cc(-c2ccccc2SC)c1O. The topological polar surface area (TPSA) is 58.6 Å². The Morgan fingerprint density at radius 2 is 2.12 bits per heavy atom. The first kappa shape index (κ1) is 17.8. The van der Waals surface area contributed by atoms with E-state index in [1.54, 1.807) is 17.8 Å². The fourth-order valence-corrected chi connectivity index (χ4v) is 4.04. The maximum atomic E-state index is 11.8. The van der Waals surface area contributed by atoms with E-state index in [0.29, 0.717) is 28.7 Å². The quantitative estimate of drug-likeness (QED) is 0.603. The number of phenols is 1. The van der Waals surface area contributed by atoms with Crippen molar-refractivity contribution in [3.8, 4) is 22.6 Å². The summed E-state index contributed by atoms with van der Waals surface area (Å²) in [5, 5.41) is 13.5. The highest BCUT2D eigenvalue weighted by molar-refractivity contribution is 8.04. The second-order valence-corrected chi connectivity index (χ2v) is 7.22. The minimum Gasteiger partial charge on any atom is -0.504 e. The van der Waals surface area contributed by atoms with Gasteiger partial charge in [0.1, 0.15) is 0 Å². The number of nitrogens with one attached hydrogen (secondary N) is 1. The van der Waals surface area contributed by atoms with Crippen LogP contribution in [0.15, 0.2) is 46.2 Å². The van der Waals surface area contributed by atoms with Gasteiger partial charge in [0.15, 0.2) is 11.5 Å². The standard InChI is InChI=1S/C19H19NO3S2/c1-3-23-15-9-12(10-17-19(22)20-11-25-17)8-14(18(15)21)13-6-4-5-7-16(13)24-2/h4-10,21H,3,11H2,1-2H3,(H,20,22). The Bertz CT molecular complexity index is 833. The van der Waals surface area contributed by atoms with Crippen molar-refractivity contribution in [3.63, 3.8) is 0 Å². The van der Waals surface area contributed by atoms with E-state index in [1.165, 1.54) is 11.8 Å². The molecule has 4 nitrogen and oxygen atoms in total. The number of amides is 1. The first-order valence-corrected chi connectivity index (χ1v) is 10.1.